The van der Waals surface area contributed by atoms with E-state index in [1.54, 1.807) is 30.3 Å². The van der Waals surface area contributed by atoms with Crippen molar-refractivity contribution in [2.24, 2.45) is 0 Å². The zero-order valence-electron chi connectivity index (χ0n) is 13.5. The van der Waals surface area contributed by atoms with E-state index < -0.39 is 26.9 Å². The largest absolute Gasteiger partial charge is 0.454 e. The van der Waals surface area contributed by atoms with Crippen molar-refractivity contribution < 1.29 is 22.7 Å². The molecule has 1 saturated heterocycles. The molecule has 4 rings (SSSR count). The summed E-state index contributed by atoms with van der Waals surface area (Å²) >= 11 is 6.83. The van der Waals surface area contributed by atoms with Crippen molar-refractivity contribution in [1.29, 1.82) is 0 Å². The van der Waals surface area contributed by atoms with Crippen LogP contribution < -0.4 is 14.4 Å². The van der Waals surface area contributed by atoms with Crippen molar-refractivity contribution in [1.82, 2.24) is 0 Å². The summed E-state index contributed by atoms with van der Waals surface area (Å²) in [4.78, 5) is 13.9. The monoisotopic (exact) mass is 501 g/mol. The molecule has 0 radical (unpaired) electrons. The molecule has 2 heterocycles. The SMILES string of the molecule is Cc1cc(N2C(=O)CS(=O)(=O)C2c2cc3c(cc2Br)OCO3)ccc1Br. The van der Waals surface area contributed by atoms with Crippen LogP contribution in [0.3, 0.4) is 0 Å². The molecule has 0 bridgehead atoms. The summed E-state index contributed by atoms with van der Waals surface area (Å²) in [6.07, 6.45) is 0. The smallest absolute Gasteiger partial charge is 0.243 e. The number of ether oxygens (including phenoxy) is 2. The van der Waals surface area contributed by atoms with Crippen molar-refractivity contribution in [3.05, 3.63) is 50.4 Å². The zero-order chi connectivity index (χ0) is 18.6. The van der Waals surface area contributed by atoms with Crippen LogP contribution in [0.4, 0.5) is 5.69 Å². The number of sulfone groups is 1. The second-order valence-corrected chi connectivity index (χ2v) is 9.85. The van der Waals surface area contributed by atoms with Crippen LogP contribution >= 0.6 is 31.9 Å². The topological polar surface area (TPSA) is 72.9 Å². The van der Waals surface area contributed by atoms with Gasteiger partial charge in [0.1, 0.15) is 5.75 Å². The number of halogens is 2. The first-order valence-corrected chi connectivity index (χ1v) is 11.0. The lowest BCUT2D eigenvalue weighted by atomic mass is 10.1. The third kappa shape index (κ3) is 2.82. The number of fused-ring (bicyclic) bond motifs is 1. The molecule has 9 heteroatoms. The molecule has 136 valence electrons. The lowest BCUT2D eigenvalue weighted by molar-refractivity contribution is -0.115. The van der Waals surface area contributed by atoms with Crippen molar-refractivity contribution in [2.75, 3.05) is 17.4 Å². The van der Waals surface area contributed by atoms with Gasteiger partial charge in [0.2, 0.25) is 12.7 Å². The van der Waals surface area contributed by atoms with E-state index in [0.29, 0.717) is 27.2 Å². The van der Waals surface area contributed by atoms with Gasteiger partial charge in [-0.25, -0.2) is 8.42 Å². The number of aryl methyl sites for hydroxylation is 1. The van der Waals surface area contributed by atoms with Gasteiger partial charge in [0.15, 0.2) is 26.7 Å². The highest BCUT2D eigenvalue weighted by molar-refractivity contribution is 9.10. The number of rotatable bonds is 2. The Morgan fingerprint density at radius 3 is 2.46 bits per heavy atom. The van der Waals surface area contributed by atoms with E-state index in [2.05, 4.69) is 31.9 Å². The first-order valence-electron chi connectivity index (χ1n) is 7.67. The number of carbonyl (C=O) groups is 1. The molecule has 6 nitrogen and oxygen atoms in total. The van der Waals surface area contributed by atoms with E-state index in [0.717, 1.165) is 10.0 Å². The van der Waals surface area contributed by atoms with Crippen molar-refractivity contribution >= 4 is 53.3 Å². The molecule has 0 spiro atoms. The molecule has 2 aliphatic rings. The van der Waals surface area contributed by atoms with Gasteiger partial charge in [-0.15, -0.1) is 0 Å². The Bertz CT molecular complexity index is 1040. The minimum Gasteiger partial charge on any atom is -0.454 e. The van der Waals surface area contributed by atoms with E-state index in [1.807, 2.05) is 6.92 Å². The first-order chi connectivity index (χ1) is 12.3. The third-order valence-corrected chi connectivity index (χ3v) is 7.72. The van der Waals surface area contributed by atoms with Crippen LogP contribution in [0.2, 0.25) is 0 Å². The molecule has 2 aromatic rings. The van der Waals surface area contributed by atoms with Crippen molar-refractivity contribution in [2.45, 2.75) is 12.3 Å². The minimum atomic E-state index is -3.71. The summed E-state index contributed by atoms with van der Waals surface area (Å²) in [7, 11) is -3.71. The average Bonchev–Trinajstić information content (AvgIpc) is 3.09. The van der Waals surface area contributed by atoms with E-state index in [-0.39, 0.29) is 6.79 Å². The normalized spacial score (nSPS) is 20.7. The molecular formula is C17H13Br2NO5S. The minimum absolute atomic E-state index is 0.0806. The van der Waals surface area contributed by atoms with Gasteiger partial charge >= 0.3 is 0 Å². The number of amides is 1. The molecule has 2 aliphatic heterocycles. The van der Waals surface area contributed by atoms with E-state index in [4.69, 9.17) is 9.47 Å². The Balaban J connectivity index is 1.89. The number of nitrogens with zero attached hydrogens (tertiary/aromatic N) is 1. The van der Waals surface area contributed by atoms with Crippen LogP contribution in [0, 0.1) is 6.92 Å². The van der Waals surface area contributed by atoms with Gasteiger partial charge in [-0.2, -0.15) is 0 Å². The number of carbonyl (C=O) groups excluding carboxylic acids is 1. The maximum Gasteiger partial charge on any atom is 0.243 e. The summed E-state index contributed by atoms with van der Waals surface area (Å²) in [5.41, 5.74) is 1.88. The molecule has 2 aromatic carbocycles. The Morgan fingerprint density at radius 2 is 1.77 bits per heavy atom. The second kappa shape index (κ2) is 6.24. The molecule has 1 amide bonds. The molecule has 0 aliphatic carbocycles. The Labute approximate surface area is 167 Å². The summed E-state index contributed by atoms with van der Waals surface area (Å²) in [5, 5.41) is -1.13. The van der Waals surface area contributed by atoms with Crippen molar-refractivity contribution in [3.8, 4) is 11.5 Å². The second-order valence-electron chi connectivity index (χ2n) is 6.08. The molecule has 1 fully saturated rings. The lowest BCUT2D eigenvalue weighted by Gasteiger charge is -2.25. The highest BCUT2D eigenvalue weighted by Crippen LogP contribution is 2.45. The molecule has 1 atom stereocenters. The zero-order valence-corrected chi connectivity index (χ0v) is 17.5. The Morgan fingerprint density at radius 1 is 1.08 bits per heavy atom. The fraction of sp³-hybridized carbons (Fsp3) is 0.235. The summed E-state index contributed by atoms with van der Waals surface area (Å²) in [5.74, 6) is 0.00700. The number of hydrogen-bond donors (Lipinski definition) is 0. The van der Waals surface area contributed by atoms with E-state index >= 15 is 0 Å². The van der Waals surface area contributed by atoms with Gasteiger partial charge < -0.3 is 9.47 Å². The fourth-order valence-corrected chi connectivity index (χ4v) is 5.85. The fourth-order valence-electron chi connectivity index (χ4n) is 3.12. The van der Waals surface area contributed by atoms with Gasteiger partial charge in [-0.05, 0) is 42.8 Å². The van der Waals surface area contributed by atoms with Crippen molar-refractivity contribution in [3.63, 3.8) is 0 Å². The van der Waals surface area contributed by atoms with E-state index in [1.165, 1.54) is 4.90 Å². The molecule has 26 heavy (non-hydrogen) atoms. The molecule has 0 aromatic heterocycles. The third-order valence-electron chi connectivity index (χ3n) is 4.35. The molecule has 0 saturated carbocycles. The Kier molecular flexibility index (Phi) is 4.28. The van der Waals surface area contributed by atoms with Gasteiger partial charge in [0, 0.05) is 20.2 Å². The number of anilines is 1. The predicted molar refractivity (Wildman–Crippen MR) is 103 cm³/mol. The number of hydrogen-bond acceptors (Lipinski definition) is 5. The first kappa shape index (κ1) is 17.8. The van der Waals surface area contributed by atoms with Crippen LogP contribution in [0.25, 0.3) is 0 Å². The lowest BCUT2D eigenvalue weighted by Crippen LogP contribution is -2.29. The summed E-state index contributed by atoms with van der Waals surface area (Å²) in [6, 6.07) is 8.60. The molecule has 1 unspecified atom stereocenters. The van der Waals surface area contributed by atoms with Crippen LogP contribution in [-0.2, 0) is 14.6 Å². The summed E-state index contributed by atoms with van der Waals surface area (Å²) < 4.78 is 37.7. The summed E-state index contributed by atoms with van der Waals surface area (Å²) in [6.45, 7) is 1.96. The number of benzene rings is 2. The highest BCUT2D eigenvalue weighted by Gasteiger charge is 2.47. The Hall–Kier alpha value is -1.58. The van der Waals surface area contributed by atoms with Gasteiger partial charge in [-0.3, -0.25) is 9.69 Å². The molecular weight excluding hydrogens is 490 g/mol. The standard InChI is InChI=1S/C17H13Br2NO5S/c1-9-4-10(2-3-12(9)18)20-16(21)7-26(22,23)17(20)11-5-14-15(6-13(11)19)25-8-24-14/h2-6,17H,7-8H2,1H3. The van der Waals surface area contributed by atoms with Crippen LogP contribution in [0.5, 0.6) is 11.5 Å². The average molecular weight is 503 g/mol. The van der Waals surface area contributed by atoms with Crippen LogP contribution in [0.15, 0.2) is 39.3 Å². The van der Waals surface area contributed by atoms with Gasteiger partial charge in [0.05, 0.1) is 0 Å². The maximum atomic E-state index is 12.8. The quantitative estimate of drug-likeness (QED) is 0.625. The van der Waals surface area contributed by atoms with Gasteiger partial charge in [-0.1, -0.05) is 31.9 Å². The van der Waals surface area contributed by atoms with Gasteiger partial charge in [0.25, 0.3) is 0 Å². The van der Waals surface area contributed by atoms with E-state index in [9.17, 15) is 13.2 Å². The molecule has 0 N–H and O–H groups in total. The highest BCUT2D eigenvalue weighted by atomic mass is 79.9. The van der Waals surface area contributed by atoms with Crippen LogP contribution in [0.1, 0.15) is 16.5 Å². The van der Waals surface area contributed by atoms with Crippen LogP contribution in [-0.4, -0.2) is 26.9 Å². The predicted octanol–water partition coefficient (Wildman–Crippen LogP) is 3.71. The maximum absolute atomic E-state index is 12.8.